The van der Waals surface area contributed by atoms with Crippen molar-refractivity contribution in [2.75, 3.05) is 32.8 Å². The van der Waals surface area contributed by atoms with Crippen molar-refractivity contribution in [3.05, 3.63) is 18.0 Å². The van der Waals surface area contributed by atoms with Crippen molar-refractivity contribution in [2.24, 2.45) is 0 Å². The first-order valence-electron chi connectivity index (χ1n) is 7.71. The van der Waals surface area contributed by atoms with Crippen molar-refractivity contribution < 1.29 is 24.2 Å². The fourth-order valence-corrected chi connectivity index (χ4v) is 2.56. The summed E-state index contributed by atoms with van der Waals surface area (Å²) in [6, 6.07) is 0. The van der Waals surface area contributed by atoms with E-state index in [1.54, 1.807) is 22.0 Å². The molecule has 0 aromatic carbocycles. The van der Waals surface area contributed by atoms with Gasteiger partial charge in [-0.3, -0.25) is 19.1 Å². The average Bonchev–Trinajstić information content (AvgIpc) is 2.91. The minimum absolute atomic E-state index is 0.0843. The third-order valence-electron chi connectivity index (χ3n) is 3.75. The molecule has 1 fully saturated rings. The van der Waals surface area contributed by atoms with Crippen LogP contribution in [0.2, 0.25) is 0 Å². The number of carboxylic acids is 1. The van der Waals surface area contributed by atoms with Gasteiger partial charge in [0.15, 0.2) is 0 Å². The van der Waals surface area contributed by atoms with Crippen LogP contribution in [0.25, 0.3) is 0 Å². The van der Waals surface area contributed by atoms with Gasteiger partial charge in [-0.1, -0.05) is 0 Å². The molecule has 1 atom stereocenters. The summed E-state index contributed by atoms with van der Waals surface area (Å²) in [5.41, 5.74) is 0.980. The SMILES string of the molecule is CC(=O)N(CC(=O)O)CC1CN(C(=O)Cn2cc(C)cn2)CCO1. The molecule has 1 aliphatic rings. The molecule has 132 valence electrons. The Kier molecular flexibility index (Phi) is 5.91. The Morgan fingerprint density at radius 2 is 2.21 bits per heavy atom. The Balaban J connectivity index is 1.91. The second-order valence-corrected chi connectivity index (χ2v) is 5.84. The molecule has 0 aliphatic carbocycles. The van der Waals surface area contributed by atoms with Crippen molar-refractivity contribution in [3.8, 4) is 0 Å². The molecular weight excluding hydrogens is 316 g/mol. The maximum absolute atomic E-state index is 12.4. The lowest BCUT2D eigenvalue weighted by Gasteiger charge is -2.35. The fourth-order valence-electron chi connectivity index (χ4n) is 2.56. The van der Waals surface area contributed by atoms with Crippen LogP contribution in [0.3, 0.4) is 0 Å². The van der Waals surface area contributed by atoms with Crippen molar-refractivity contribution in [3.63, 3.8) is 0 Å². The van der Waals surface area contributed by atoms with Crippen LogP contribution in [-0.4, -0.2) is 81.4 Å². The summed E-state index contributed by atoms with van der Waals surface area (Å²) in [5, 5.41) is 13.0. The monoisotopic (exact) mass is 338 g/mol. The number of ether oxygens (including phenoxy) is 1. The first-order chi connectivity index (χ1) is 11.3. The maximum Gasteiger partial charge on any atom is 0.323 e. The van der Waals surface area contributed by atoms with Crippen molar-refractivity contribution >= 4 is 17.8 Å². The summed E-state index contributed by atoms with van der Waals surface area (Å²) >= 11 is 0. The number of hydrogen-bond donors (Lipinski definition) is 1. The topological polar surface area (TPSA) is 105 Å². The Bertz CT molecular complexity index is 615. The summed E-state index contributed by atoms with van der Waals surface area (Å²) in [6.45, 7) is 4.27. The lowest BCUT2D eigenvalue weighted by atomic mass is 10.2. The molecule has 24 heavy (non-hydrogen) atoms. The molecule has 0 spiro atoms. The standard InChI is InChI=1S/C15H22N4O5/c1-11-5-16-19(6-11)9-14(21)17-3-4-24-13(7-17)8-18(12(2)20)10-15(22)23/h5-6,13H,3-4,7-10H2,1-2H3,(H,22,23). The quantitative estimate of drug-likeness (QED) is 0.739. The smallest absolute Gasteiger partial charge is 0.323 e. The Labute approximate surface area is 139 Å². The summed E-state index contributed by atoms with van der Waals surface area (Å²) in [7, 11) is 0. The number of aromatic nitrogens is 2. The Morgan fingerprint density at radius 1 is 1.46 bits per heavy atom. The lowest BCUT2D eigenvalue weighted by molar-refractivity contribution is -0.148. The van der Waals surface area contributed by atoms with Crippen LogP contribution in [0, 0.1) is 6.92 Å². The molecule has 2 heterocycles. The number of hydrogen-bond acceptors (Lipinski definition) is 5. The number of carbonyl (C=O) groups excluding carboxylic acids is 2. The molecule has 1 aromatic heterocycles. The van der Waals surface area contributed by atoms with Gasteiger partial charge in [0.05, 0.1) is 18.9 Å². The van der Waals surface area contributed by atoms with Crippen molar-refractivity contribution in [1.82, 2.24) is 19.6 Å². The van der Waals surface area contributed by atoms with E-state index in [4.69, 9.17) is 9.84 Å². The predicted octanol–water partition coefficient (Wildman–Crippen LogP) is -0.648. The molecule has 1 aliphatic heterocycles. The zero-order chi connectivity index (χ0) is 17.7. The molecule has 2 amide bonds. The fraction of sp³-hybridized carbons (Fsp3) is 0.600. The highest BCUT2D eigenvalue weighted by molar-refractivity contribution is 5.79. The first-order valence-corrected chi connectivity index (χ1v) is 7.71. The van der Waals surface area contributed by atoms with Crippen LogP contribution in [0.5, 0.6) is 0 Å². The van der Waals surface area contributed by atoms with E-state index >= 15 is 0 Å². The van der Waals surface area contributed by atoms with Crippen LogP contribution in [0.15, 0.2) is 12.4 Å². The van der Waals surface area contributed by atoms with Gasteiger partial charge < -0.3 is 19.6 Å². The largest absolute Gasteiger partial charge is 0.480 e. The van der Waals surface area contributed by atoms with Crippen molar-refractivity contribution in [1.29, 1.82) is 0 Å². The first kappa shape index (κ1) is 17.9. The molecule has 1 N–H and O–H groups in total. The van der Waals surface area contributed by atoms with E-state index in [0.29, 0.717) is 19.7 Å². The minimum Gasteiger partial charge on any atom is -0.480 e. The molecule has 0 saturated carbocycles. The van der Waals surface area contributed by atoms with Gasteiger partial charge in [-0.2, -0.15) is 5.10 Å². The van der Waals surface area contributed by atoms with Crippen LogP contribution >= 0.6 is 0 Å². The van der Waals surface area contributed by atoms with E-state index in [1.807, 2.05) is 6.92 Å². The maximum atomic E-state index is 12.4. The lowest BCUT2D eigenvalue weighted by Crippen LogP contribution is -2.51. The van der Waals surface area contributed by atoms with E-state index in [2.05, 4.69) is 5.10 Å². The molecule has 0 radical (unpaired) electrons. The minimum atomic E-state index is -1.08. The number of morpholine rings is 1. The van der Waals surface area contributed by atoms with Gasteiger partial charge >= 0.3 is 5.97 Å². The molecular formula is C15H22N4O5. The summed E-state index contributed by atoms with van der Waals surface area (Å²) < 4.78 is 7.15. The second kappa shape index (κ2) is 7.91. The molecule has 9 heteroatoms. The van der Waals surface area contributed by atoms with Gasteiger partial charge in [-0.05, 0) is 12.5 Å². The number of carbonyl (C=O) groups is 3. The van der Waals surface area contributed by atoms with E-state index in [0.717, 1.165) is 5.56 Å². The van der Waals surface area contributed by atoms with Gasteiger partial charge in [-0.25, -0.2) is 0 Å². The Morgan fingerprint density at radius 3 is 2.79 bits per heavy atom. The highest BCUT2D eigenvalue weighted by Crippen LogP contribution is 2.09. The molecule has 9 nitrogen and oxygen atoms in total. The summed E-state index contributed by atoms with van der Waals surface area (Å²) in [5.74, 6) is -1.50. The van der Waals surface area contributed by atoms with E-state index in [-0.39, 0.29) is 31.4 Å². The number of rotatable bonds is 6. The second-order valence-electron chi connectivity index (χ2n) is 5.84. The normalized spacial score (nSPS) is 17.6. The molecule has 1 unspecified atom stereocenters. The van der Waals surface area contributed by atoms with Gasteiger partial charge in [-0.15, -0.1) is 0 Å². The highest BCUT2D eigenvalue weighted by Gasteiger charge is 2.27. The average molecular weight is 338 g/mol. The zero-order valence-corrected chi connectivity index (χ0v) is 13.8. The van der Waals surface area contributed by atoms with Gasteiger partial charge in [0.2, 0.25) is 11.8 Å². The van der Waals surface area contributed by atoms with Crippen molar-refractivity contribution in [2.45, 2.75) is 26.5 Å². The highest BCUT2D eigenvalue weighted by atomic mass is 16.5. The van der Waals surface area contributed by atoms with Crippen LogP contribution in [0.1, 0.15) is 12.5 Å². The van der Waals surface area contributed by atoms with Gasteiger partial charge in [0, 0.05) is 32.8 Å². The zero-order valence-electron chi connectivity index (χ0n) is 13.8. The summed E-state index contributed by atoms with van der Waals surface area (Å²) in [6.07, 6.45) is 3.08. The number of carboxylic acid groups (broad SMARTS) is 1. The summed E-state index contributed by atoms with van der Waals surface area (Å²) in [4.78, 5) is 37.6. The third-order valence-corrected chi connectivity index (χ3v) is 3.75. The Hall–Kier alpha value is -2.42. The molecule has 1 aromatic rings. The van der Waals surface area contributed by atoms with Crippen LogP contribution < -0.4 is 0 Å². The van der Waals surface area contributed by atoms with Crippen LogP contribution in [-0.2, 0) is 25.7 Å². The molecule has 2 rings (SSSR count). The van der Waals surface area contributed by atoms with E-state index < -0.39 is 12.1 Å². The number of aryl methyl sites for hydroxylation is 1. The van der Waals surface area contributed by atoms with Gasteiger partial charge in [0.25, 0.3) is 0 Å². The van der Waals surface area contributed by atoms with E-state index in [1.165, 1.54) is 11.8 Å². The third kappa shape index (κ3) is 5.05. The van der Waals surface area contributed by atoms with Gasteiger partial charge in [0.1, 0.15) is 13.1 Å². The number of aliphatic carboxylic acids is 1. The van der Waals surface area contributed by atoms with Crippen LogP contribution in [0.4, 0.5) is 0 Å². The van der Waals surface area contributed by atoms with E-state index in [9.17, 15) is 14.4 Å². The molecule has 1 saturated heterocycles. The number of amides is 2. The number of nitrogens with zero attached hydrogens (tertiary/aromatic N) is 4. The molecule has 0 bridgehead atoms. The predicted molar refractivity (Wildman–Crippen MR) is 83.2 cm³/mol.